The van der Waals surface area contributed by atoms with Crippen molar-refractivity contribution in [1.82, 2.24) is 29.2 Å². The van der Waals surface area contributed by atoms with Crippen molar-refractivity contribution in [3.05, 3.63) is 77.4 Å². The molecule has 0 atom stereocenters. The van der Waals surface area contributed by atoms with Crippen LogP contribution in [0.25, 0.3) is 16.9 Å². The zero-order valence-corrected chi connectivity index (χ0v) is 24.4. The fourth-order valence-corrected chi connectivity index (χ4v) is 4.44. The summed E-state index contributed by atoms with van der Waals surface area (Å²) >= 11 is 0. The number of aliphatic hydroxyl groups is 2. The second-order valence-electron chi connectivity index (χ2n) is 10.9. The van der Waals surface area contributed by atoms with Gasteiger partial charge in [-0.25, -0.2) is 19.3 Å². The highest BCUT2D eigenvalue weighted by Crippen LogP contribution is 2.23. The van der Waals surface area contributed by atoms with Crippen molar-refractivity contribution in [3.63, 3.8) is 0 Å². The number of anilines is 3. The summed E-state index contributed by atoms with van der Waals surface area (Å²) in [5, 5.41) is 22.2. The summed E-state index contributed by atoms with van der Waals surface area (Å²) in [6.07, 6.45) is 3.01. The van der Waals surface area contributed by atoms with Crippen LogP contribution in [0.1, 0.15) is 33.4 Å². The Bertz CT molecular complexity index is 1530. The van der Waals surface area contributed by atoms with E-state index >= 15 is 0 Å². The van der Waals surface area contributed by atoms with E-state index in [4.69, 9.17) is 10.1 Å². The molecular formula is C30H40N8O3. The van der Waals surface area contributed by atoms with Gasteiger partial charge in [-0.2, -0.15) is 4.98 Å². The highest BCUT2D eigenvalue weighted by atomic mass is 16.3. The second-order valence-corrected chi connectivity index (χ2v) is 10.9. The maximum Gasteiger partial charge on any atom is 0.278 e. The summed E-state index contributed by atoms with van der Waals surface area (Å²) in [6, 6.07) is 13.5. The molecule has 3 N–H and O–H groups in total. The number of benzene rings is 1. The second kappa shape index (κ2) is 12.6. The molecule has 1 aromatic carbocycles. The Balaban J connectivity index is 0.000000909. The molecule has 1 saturated heterocycles. The first-order valence-corrected chi connectivity index (χ1v) is 13.8. The molecule has 5 rings (SSSR count). The molecule has 1 aliphatic rings. The predicted octanol–water partition coefficient (Wildman–Crippen LogP) is 3.27. The zero-order chi connectivity index (χ0) is 29.7. The van der Waals surface area contributed by atoms with Crippen LogP contribution in [-0.4, -0.2) is 78.8 Å². The lowest BCUT2D eigenvalue weighted by molar-refractivity contribution is 0.0738. The first-order valence-electron chi connectivity index (χ1n) is 13.8. The van der Waals surface area contributed by atoms with Crippen LogP contribution in [0.4, 0.5) is 17.3 Å². The van der Waals surface area contributed by atoms with Crippen LogP contribution in [-0.2, 0) is 12.1 Å². The fraction of sp³-hybridized carbons (Fsp3) is 0.400. The van der Waals surface area contributed by atoms with Crippen molar-refractivity contribution in [2.24, 2.45) is 0 Å². The van der Waals surface area contributed by atoms with Gasteiger partial charge in [-0.3, -0.25) is 4.79 Å². The Hall–Kier alpha value is -4.06. The van der Waals surface area contributed by atoms with Crippen LogP contribution < -0.4 is 15.8 Å². The van der Waals surface area contributed by atoms with E-state index in [2.05, 4.69) is 50.8 Å². The number of hydrogen-bond donors (Lipinski definition) is 3. The Labute approximate surface area is 240 Å². The lowest BCUT2D eigenvalue weighted by Crippen LogP contribution is -2.44. The van der Waals surface area contributed by atoms with Crippen LogP contribution in [0, 0.1) is 0 Å². The van der Waals surface area contributed by atoms with Crippen LogP contribution in [0.5, 0.6) is 0 Å². The Morgan fingerprint density at radius 2 is 1.73 bits per heavy atom. The predicted molar refractivity (Wildman–Crippen MR) is 163 cm³/mol. The van der Waals surface area contributed by atoms with Gasteiger partial charge in [0.1, 0.15) is 11.0 Å². The van der Waals surface area contributed by atoms with E-state index in [9.17, 15) is 9.90 Å². The highest BCUT2D eigenvalue weighted by Gasteiger charge is 2.22. The summed E-state index contributed by atoms with van der Waals surface area (Å²) in [5.74, 6) is 0.831. The maximum atomic E-state index is 13.2. The Morgan fingerprint density at radius 1 is 1.07 bits per heavy atom. The van der Waals surface area contributed by atoms with Crippen LogP contribution in [0.2, 0.25) is 0 Å². The minimum absolute atomic E-state index is 0.167. The number of likely N-dealkylation sites (N-methyl/N-ethyl adjacent to an activating group) is 1. The minimum atomic E-state index is -1.14. The van der Waals surface area contributed by atoms with Crippen molar-refractivity contribution in [1.29, 1.82) is 0 Å². The van der Waals surface area contributed by atoms with Crippen LogP contribution >= 0.6 is 0 Å². The SMILES string of the molecule is C=CCn1c(=O)c2cnc(Nc3ccc(N4CCN(C)CC4)cc3)nc2n1-c1cccc(C(C)(C)O)n1.CC(C)O. The summed E-state index contributed by atoms with van der Waals surface area (Å²) in [5.41, 5.74) is 1.55. The van der Waals surface area contributed by atoms with Gasteiger partial charge in [-0.1, -0.05) is 12.1 Å². The Morgan fingerprint density at radius 3 is 2.34 bits per heavy atom. The third kappa shape index (κ3) is 7.18. The van der Waals surface area contributed by atoms with Crippen molar-refractivity contribution in [2.45, 2.75) is 45.9 Å². The molecule has 4 heterocycles. The number of nitrogens with one attached hydrogen (secondary N) is 1. The molecule has 4 aromatic rings. The number of fused-ring (bicyclic) bond motifs is 1. The van der Waals surface area contributed by atoms with E-state index in [0.717, 1.165) is 31.9 Å². The van der Waals surface area contributed by atoms with Gasteiger partial charge in [0.2, 0.25) is 5.95 Å². The average molecular weight is 561 g/mol. The highest BCUT2D eigenvalue weighted by molar-refractivity contribution is 5.77. The number of piperazine rings is 1. The van der Waals surface area contributed by atoms with Gasteiger partial charge in [0, 0.05) is 49.9 Å². The minimum Gasteiger partial charge on any atom is -0.394 e. The zero-order valence-electron chi connectivity index (χ0n) is 24.4. The van der Waals surface area contributed by atoms with Crippen molar-refractivity contribution in [3.8, 4) is 5.82 Å². The molecule has 1 fully saturated rings. The van der Waals surface area contributed by atoms with E-state index in [-0.39, 0.29) is 18.2 Å². The third-order valence-corrected chi connectivity index (χ3v) is 6.55. The molecule has 0 unspecified atom stereocenters. The van der Waals surface area contributed by atoms with E-state index in [1.54, 1.807) is 56.7 Å². The number of allylic oxidation sites excluding steroid dienone is 1. The average Bonchev–Trinajstić information content (AvgIpc) is 3.20. The fourth-order valence-electron chi connectivity index (χ4n) is 4.44. The molecule has 218 valence electrons. The molecular weight excluding hydrogens is 520 g/mol. The topological polar surface area (TPSA) is 125 Å². The molecule has 0 aliphatic carbocycles. The number of nitrogens with zero attached hydrogens (tertiary/aromatic N) is 7. The molecule has 41 heavy (non-hydrogen) atoms. The monoisotopic (exact) mass is 560 g/mol. The van der Waals surface area contributed by atoms with E-state index in [0.29, 0.717) is 28.5 Å². The van der Waals surface area contributed by atoms with Gasteiger partial charge in [-0.05, 0) is 71.1 Å². The molecule has 0 spiro atoms. The number of pyridine rings is 1. The number of aliphatic hydroxyl groups excluding tert-OH is 1. The van der Waals surface area contributed by atoms with Gasteiger partial charge in [0.15, 0.2) is 11.5 Å². The number of aromatic nitrogens is 5. The first-order chi connectivity index (χ1) is 19.5. The normalized spacial score (nSPS) is 14.2. The smallest absolute Gasteiger partial charge is 0.278 e. The standard InChI is InChI=1S/C27H32N8O2.C3H8O/c1-5-13-34-25(36)21-18-28-26(29-19-9-11-20(12-10-19)33-16-14-32(4)15-17-33)31-24(21)35(34)23-8-6-7-22(30-23)27(2,3)37;1-3(2)4/h5-12,18,37H,1,13-17H2,2-4H3,(H,28,29,31);3-4H,1-2H3. The largest absolute Gasteiger partial charge is 0.394 e. The molecule has 0 radical (unpaired) electrons. The molecule has 11 nitrogen and oxygen atoms in total. The lowest BCUT2D eigenvalue weighted by atomic mass is 10.1. The summed E-state index contributed by atoms with van der Waals surface area (Å²) in [4.78, 5) is 31.6. The first kappa shape index (κ1) is 29.9. The molecule has 3 aromatic heterocycles. The van der Waals surface area contributed by atoms with Gasteiger partial charge < -0.3 is 25.3 Å². The molecule has 1 aliphatic heterocycles. The summed E-state index contributed by atoms with van der Waals surface area (Å²) < 4.78 is 3.16. The van der Waals surface area contributed by atoms with Crippen molar-refractivity contribution >= 4 is 28.4 Å². The van der Waals surface area contributed by atoms with E-state index in [1.165, 1.54) is 16.6 Å². The van der Waals surface area contributed by atoms with E-state index in [1.807, 2.05) is 12.1 Å². The summed E-state index contributed by atoms with van der Waals surface area (Å²) in [6.45, 7) is 14.9. The summed E-state index contributed by atoms with van der Waals surface area (Å²) in [7, 11) is 2.15. The third-order valence-electron chi connectivity index (χ3n) is 6.55. The molecule has 0 saturated carbocycles. The molecule has 0 amide bonds. The van der Waals surface area contributed by atoms with Crippen LogP contribution in [0.3, 0.4) is 0 Å². The van der Waals surface area contributed by atoms with Gasteiger partial charge in [0.25, 0.3) is 5.56 Å². The van der Waals surface area contributed by atoms with Crippen LogP contribution in [0.15, 0.2) is 66.1 Å². The van der Waals surface area contributed by atoms with E-state index < -0.39 is 5.60 Å². The molecule has 11 heteroatoms. The van der Waals surface area contributed by atoms with Crippen molar-refractivity contribution in [2.75, 3.05) is 43.4 Å². The lowest BCUT2D eigenvalue weighted by Gasteiger charge is -2.34. The van der Waals surface area contributed by atoms with Gasteiger partial charge >= 0.3 is 0 Å². The number of rotatable bonds is 7. The van der Waals surface area contributed by atoms with Gasteiger partial charge in [-0.15, -0.1) is 6.58 Å². The quantitative estimate of drug-likeness (QED) is 0.292. The number of hydrogen-bond acceptors (Lipinski definition) is 9. The van der Waals surface area contributed by atoms with Gasteiger partial charge in [0.05, 0.1) is 12.2 Å². The maximum absolute atomic E-state index is 13.2. The van der Waals surface area contributed by atoms with Crippen molar-refractivity contribution < 1.29 is 10.2 Å². The molecule has 0 bridgehead atoms. The Kier molecular flexibility index (Phi) is 9.21.